The van der Waals surface area contributed by atoms with Gasteiger partial charge in [0.25, 0.3) is 0 Å². The van der Waals surface area contributed by atoms with Crippen LogP contribution in [0.15, 0.2) is 30.3 Å². The second-order valence-corrected chi connectivity index (χ2v) is 7.43. The highest BCUT2D eigenvalue weighted by Crippen LogP contribution is 2.38. The second-order valence-electron chi connectivity index (χ2n) is 7.43. The van der Waals surface area contributed by atoms with Crippen molar-refractivity contribution in [2.24, 2.45) is 0 Å². The molecule has 0 bridgehead atoms. The van der Waals surface area contributed by atoms with Gasteiger partial charge in [-0.25, -0.2) is 13.2 Å². The quantitative estimate of drug-likeness (QED) is 0.581. The topological polar surface area (TPSA) is 32.8 Å². The summed E-state index contributed by atoms with van der Waals surface area (Å²) in [6, 6.07) is 6.04. The number of ether oxygens (including phenoxy) is 1. The standard InChI is InChI=1S/C21H21F3N2O2/c1-25-3-2-4-26(6-5-25)16-10-19(24)18-12-17(21(27)28-20(18)11-16)13-7-14(22)9-15(23)8-13/h7-11,17H,2-6,12H2,1H3. The number of likely N-dealkylation sites (N-methyl/N-ethyl adjacent to an activating group) is 1. The largest absolute Gasteiger partial charge is 0.426 e. The van der Waals surface area contributed by atoms with E-state index in [0.717, 1.165) is 50.8 Å². The van der Waals surface area contributed by atoms with Gasteiger partial charge in [0.15, 0.2) is 0 Å². The predicted octanol–water partition coefficient (Wildman–Crippen LogP) is 3.49. The molecule has 148 valence electrons. The molecule has 1 fully saturated rings. The monoisotopic (exact) mass is 390 g/mol. The van der Waals surface area contributed by atoms with Crippen LogP contribution in [0.1, 0.15) is 23.5 Å². The Kier molecular flexibility index (Phi) is 5.02. The van der Waals surface area contributed by atoms with Gasteiger partial charge in [-0.05, 0) is 50.2 Å². The van der Waals surface area contributed by atoms with Crippen LogP contribution in [0.5, 0.6) is 5.75 Å². The molecule has 1 unspecified atom stereocenters. The highest BCUT2D eigenvalue weighted by Gasteiger charge is 2.33. The van der Waals surface area contributed by atoms with E-state index in [2.05, 4.69) is 9.80 Å². The molecule has 2 heterocycles. The normalized spacial score (nSPS) is 20.5. The van der Waals surface area contributed by atoms with Crippen LogP contribution in [0.3, 0.4) is 0 Å². The van der Waals surface area contributed by atoms with Crippen molar-refractivity contribution in [3.8, 4) is 5.75 Å². The molecule has 0 N–H and O–H groups in total. The highest BCUT2D eigenvalue weighted by molar-refractivity contribution is 5.83. The van der Waals surface area contributed by atoms with Crippen LogP contribution in [-0.4, -0.2) is 44.1 Å². The summed E-state index contributed by atoms with van der Waals surface area (Å²) in [4.78, 5) is 16.8. The van der Waals surface area contributed by atoms with Gasteiger partial charge in [-0.15, -0.1) is 0 Å². The van der Waals surface area contributed by atoms with Gasteiger partial charge < -0.3 is 14.5 Å². The molecule has 2 aliphatic heterocycles. The summed E-state index contributed by atoms with van der Waals surface area (Å²) >= 11 is 0. The Morgan fingerprint density at radius 2 is 1.71 bits per heavy atom. The molecule has 28 heavy (non-hydrogen) atoms. The molecule has 0 saturated carbocycles. The molecule has 1 atom stereocenters. The Morgan fingerprint density at radius 1 is 0.964 bits per heavy atom. The van der Waals surface area contributed by atoms with Crippen molar-refractivity contribution < 1.29 is 22.7 Å². The maximum Gasteiger partial charge on any atom is 0.319 e. The minimum atomic E-state index is -0.940. The number of fused-ring (bicyclic) bond motifs is 1. The molecular weight excluding hydrogens is 369 g/mol. The zero-order chi connectivity index (χ0) is 19.8. The third-order valence-electron chi connectivity index (χ3n) is 5.41. The van der Waals surface area contributed by atoms with E-state index in [1.54, 1.807) is 6.07 Å². The Labute approximate surface area is 161 Å². The lowest BCUT2D eigenvalue weighted by Crippen LogP contribution is -2.30. The predicted molar refractivity (Wildman–Crippen MR) is 99.2 cm³/mol. The van der Waals surface area contributed by atoms with E-state index in [1.165, 1.54) is 6.07 Å². The minimum Gasteiger partial charge on any atom is -0.426 e. The van der Waals surface area contributed by atoms with Crippen molar-refractivity contribution >= 4 is 11.7 Å². The number of nitrogens with zero attached hydrogens (tertiary/aromatic N) is 2. The first kappa shape index (κ1) is 18.8. The molecule has 0 spiro atoms. The van der Waals surface area contributed by atoms with Gasteiger partial charge in [0.1, 0.15) is 23.2 Å². The number of benzene rings is 2. The lowest BCUT2D eigenvalue weighted by atomic mass is 9.89. The zero-order valence-corrected chi connectivity index (χ0v) is 15.6. The fourth-order valence-electron chi connectivity index (χ4n) is 3.87. The molecular formula is C21H21F3N2O2. The van der Waals surface area contributed by atoms with Crippen molar-refractivity contribution in [3.05, 3.63) is 58.9 Å². The summed E-state index contributed by atoms with van der Waals surface area (Å²) in [5.41, 5.74) is 1.08. The molecule has 0 radical (unpaired) electrons. The molecule has 0 aliphatic carbocycles. The first-order valence-corrected chi connectivity index (χ1v) is 9.34. The molecule has 2 aliphatic rings. The summed E-state index contributed by atoms with van der Waals surface area (Å²) < 4.78 is 47.3. The van der Waals surface area contributed by atoms with Crippen LogP contribution >= 0.6 is 0 Å². The Hall–Kier alpha value is -2.54. The van der Waals surface area contributed by atoms with Crippen molar-refractivity contribution in [2.75, 3.05) is 38.1 Å². The summed E-state index contributed by atoms with van der Waals surface area (Å²) in [6.07, 6.45) is 0.966. The average Bonchev–Trinajstić information content (AvgIpc) is 2.84. The van der Waals surface area contributed by atoms with E-state index in [9.17, 15) is 18.0 Å². The SMILES string of the molecule is CN1CCCN(c2cc(F)c3c(c2)OC(=O)C(c2cc(F)cc(F)c2)C3)CC1. The molecule has 7 heteroatoms. The number of halogens is 3. The number of rotatable bonds is 2. The van der Waals surface area contributed by atoms with Gasteiger partial charge in [-0.1, -0.05) is 0 Å². The lowest BCUT2D eigenvalue weighted by Gasteiger charge is -2.28. The maximum absolute atomic E-state index is 14.9. The summed E-state index contributed by atoms with van der Waals surface area (Å²) in [7, 11) is 2.05. The van der Waals surface area contributed by atoms with Crippen LogP contribution in [0.2, 0.25) is 0 Å². The lowest BCUT2D eigenvalue weighted by molar-refractivity contribution is -0.137. The smallest absolute Gasteiger partial charge is 0.319 e. The minimum absolute atomic E-state index is 0.00586. The molecule has 0 aromatic heterocycles. The molecule has 2 aromatic rings. The van der Waals surface area contributed by atoms with E-state index < -0.39 is 29.3 Å². The molecule has 0 amide bonds. The number of carbonyl (C=O) groups is 1. The van der Waals surface area contributed by atoms with E-state index in [4.69, 9.17) is 4.74 Å². The summed E-state index contributed by atoms with van der Waals surface area (Å²) in [6.45, 7) is 3.39. The zero-order valence-electron chi connectivity index (χ0n) is 15.6. The van der Waals surface area contributed by atoms with Gasteiger partial charge >= 0.3 is 5.97 Å². The average molecular weight is 390 g/mol. The van der Waals surface area contributed by atoms with Gasteiger partial charge in [-0.2, -0.15) is 0 Å². The number of esters is 1. The number of hydrogen-bond donors (Lipinski definition) is 0. The van der Waals surface area contributed by atoms with Gasteiger partial charge in [0, 0.05) is 43.0 Å². The van der Waals surface area contributed by atoms with Crippen molar-refractivity contribution in [1.29, 1.82) is 0 Å². The van der Waals surface area contributed by atoms with Crippen LogP contribution in [0.25, 0.3) is 0 Å². The fraction of sp³-hybridized carbons (Fsp3) is 0.381. The van der Waals surface area contributed by atoms with Crippen LogP contribution in [-0.2, 0) is 11.2 Å². The van der Waals surface area contributed by atoms with E-state index in [-0.39, 0.29) is 23.3 Å². The highest BCUT2D eigenvalue weighted by atomic mass is 19.1. The molecule has 4 rings (SSSR count). The number of hydrogen-bond acceptors (Lipinski definition) is 4. The third kappa shape index (κ3) is 3.71. The summed E-state index contributed by atoms with van der Waals surface area (Å²) in [5.74, 6) is -3.43. The van der Waals surface area contributed by atoms with Crippen molar-refractivity contribution in [2.45, 2.75) is 18.8 Å². The van der Waals surface area contributed by atoms with Crippen LogP contribution in [0.4, 0.5) is 18.9 Å². The third-order valence-corrected chi connectivity index (χ3v) is 5.41. The van der Waals surface area contributed by atoms with Crippen molar-refractivity contribution in [3.63, 3.8) is 0 Å². The van der Waals surface area contributed by atoms with Crippen molar-refractivity contribution in [1.82, 2.24) is 4.90 Å². The first-order chi connectivity index (χ1) is 13.4. The Bertz CT molecular complexity index is 899. The van der Waals surface area contributed by atoms with E-state index in [0.29, 0.717) is 5.69 Å². The van der Waals surface area contributed by atoms with Crippen LogP contribution < -0.4 is 9.64 Å². The number of carbonyl (C=O) groups excluding carboxylic acids is 1. The molecule has 4 nitrogen and oxygen atoms in total. The molecule has 1 saturated heterocycles. The summed E-state index contributed by atoms with van der Waals surface area (Å²) in [5, 5.41) is 0. The Morgan fingerprint density at radius 3 is 2.46 bits per heavy atom. The van der Waals surface area contributed by atoms with Gasteiger partial charge in [0.05, 0.1) is 5.92 Å². The van der Waals surface area contributed by atoms with Gasteiger partial charge in [0.2, 0.25) is 0 Å². The fourth-order valence-corrected chi connectivity index (χ4v) is 3.87. The van der Waals surface area contributed by atoms with E-state index in [1.807, 2.05) is 7.05 Å². The number of anilines is 1. The van der Waals surface area contributed by atoms with Gasteiger partial charge in [-0.3, -0.25) is 4.79 Å². The second kappa shape index (κ2) is 7.47. The van der Waals surface area contributed by atoms with Crippen LogP contribution in [0, 0.1) is 17.5 Å². The molecule has 2 aromatic carbocycles. The van der Waals surface area contributed by atoms with E-state index >= 15 is 0 Å². The Balaban J connectivity index is 1.63. The maximum atomic E-state index is 14.9. The first-order valence-electron chi connectivity index (χ1n) is 9.34.